The van der Waals surface area contributed by atoms with E-state index in [9.17, 15) is 4.79 Å². The van der Waals surface area contributed by atoms with E-state index >= 15 is 0 Å². The zero-order valence-corrected chi connectivity index (χ0v) is 15.5. The van der Waals surface area contributed by atoms with Crippen LogP contribution >= 0.6 is 27.5 Å². The van der Waals surface area contributed by atoms with Crippen LogP contribution in [-0.4, -0.2) is 11.1 Å². The number of hydrogen-bond donors (Lipinski definition) is 1. The summed E-state index contributed by atoms with van der Waals surface area (Å²) in [7, 11) is 0. The number of hydrogen-bond acceptors (Lipinski definition) is 3. The molecule has 4 rings (SSSR count). The zero-order chi connectivity index (χ0) is 17.4. The molecule has 0 atom stereocenters. The van der Waals surface area contributed by atoms with Crippen LogP contribution < -0.4 is 5.32 Å². The summed E-state index contributed by atoms with van der Waals surface area (Å²) in [5.74, 6) is 0.583. The number of anilines is 1. The lowest BCUT2D eigenvalue weighted by Crippen LogP contribution is -2.28. The molecule has 126 valence electrons. The Morgan fingerprint density at radius 1 is 1.12 bits per heavy atom. The van der Waals surface area contributed by atoms with Crippen LogP contribution in [0, 0.1) is 0 Å². The number of benzene rings is 2. The molecule has 1 N–H and O–H groups in total. The lowest BCUT2D eigenvalue weighted by molar-refractivity contribution is -0.118. The molecule has 0 spiro atoms. The Balaban J connectivity index is 1.55. The van der Waals surface area contributed by atoms with Gasteiger partial charge in [-0.3, -0.25) is 4.79 Å². The second kappa shape index (κ2) is 6.32. The minimum absolute atomic E-state index is 0.0502. The average molecular weight is 418 g/mol. The molecule has 0 saturated heterocycles. The Morgan fingerprint density at radius 2 is 1.80 bits per heavy atom. The number of aromatic nitrogens is 1. The molecule has 1 heterocycles. The van der Waals surface area contributed by atoms with Crippen molar-refractivity contribution in [3.8, 4) is 11.3 Å². The van der Waals surface area contributed by atoms with Crippen LogP contribution in [0.1, 0.15) is 18.5 Å². The average Bonchev–Trinajstić information content (AvgIpc) is 3.28. The van der Waals surface area contributed by atoms with Crippen molar-refractivity contribution in [2.45, 2.75) is 18.3 Å². The molecular weight excluding hydrogens is 404 g/mol. The highest BCUT2D eigenvalue weighted by molar-refractivity contribution is 9.10. The first-order valence-electron chi connectivity index (χ1n) is 7.87. The van der Waals surface area contributed by atoms with Crippen molar-refractivity contribution in [2.75, 3.05) is 5.32 Å². The van der Waals surface area contributed by atoms with Crippen LogP contribution in [0.3, 0.4) is 0 Å². The van der Waals surface area contributed by atoms with Crippen LogP contribution in [0.4, 0.5) is 5.69 Å². The van der Waals surface area contributed by atoms with Crippen LogP contribution in [0.5, 0.6) is 0 Å². The number of rotatable bonds is 4. The first-order chi connectivity index (χ1) is 12.1. The van der Waals surface area contributed by atoms with E-state index in [1.54, 1.807) is 12.1 Å². The lowest BCUT2D eigenvalue weighted by atomic mass is 10.00. The van der Waals surface area contributed by atoms with E-state index in [0.717, 1.165) is 28.6 Å². The summed E-state index contributed by atoms with van der Waals surface area (Å²) in [5, 5.41) is 7.78. The quantitative estimate of drug-likeness (QED) is 0.616. The van der Waals surface area contributed by atoms with Gasteiger partial charge in [-0.1, -0.05) is 32.7 Å². The summed E-state index contributed by atoms with van der Waals surface area (Å²) in [6.07, 6.45) is 1.53. The van der Waals surface area contributed by atoms with Gasteiger partial charge in [-0.15, -0.1) is 0 Å². The molecule has 3 aromatic rings. The number of halogens is 2. The first kappa shape index (κ1) is 16.4. The molecule has 1 saturated carbocycles. The third-order valence-corrected chi connectivity index (χ3v) is 5.20. The molecule has 1 fully saturated rings. The molecule has 0 bridgehead atoms. The second-order valence-electron chi connectivity index (χ2n) is 6.13. The van der Waals surface area contributed by atoms with E-state index in [-0.39, 0.29) is 5.91 Å². The number of amides is 1. The molecule has 0 unspecified atom stereocenters. The normalized spacial score (nSPS) is 15.0. The maximum absolute atomic E-state index is 12.8. The highest BCUT2D eigenvalue weighted by Crippen LogP contribution is 2.49. The van der Waals surface area contributed by atoms with Crippen molar-refractivity contribution in [2.24, 2.45) is 0 Å². The predicted octanol–water partition coefficient (Wildman–Crippen LogP) is 5.43. The van der Waals surface area contributed by atoms with Crippen molar-refractivity contribution >= 4 is 39.1 Å². The molecule has 0 aliphatic heterocycles. The molecule has 6 heteroatoms. The van der Waals surface area contributed by atoms with Crippen LogP contribution in [0.25, 0.3) is 11.3 Å². The van der Waals surface area contributed by atoms with E-state index in [2.05, 4.69) is 26.4 Å². The van der Waals surface area contributed by atoms with Gasteiger partial charge in [0.05, 0.1) is 11.1 Å². The minimum atomic E-state index is -0.596. The molecular formula is C19H14BrClN2O2. The van der Waals surface area contributed by atoms with Gasteiger partial charge in [-0.2, -0.15) is 0 Å². The van der Waals surface area contributed by atoms with Crippen molar-refractivity contribution in [3.63, 3.8) is 0 Å². The van der Waals surface area contributed by atoms with E-state index in [1.807, 2.05) is 42.5 Å². The van der Waals surface area contributed by atoms with Gasteiger partial charge in [0.25, 0.3) is 0 Å². The van der Waals surface area contributed by atoms with E-state index in [1.165, 1.54) is 0 Å². The van der Waals surface area contributed by atoms with Gasteiger partial charge in [-0.25, -0.2) is 0 Å². The molecule has 2 aromatic carbocycles. The van der Waals surface area contributed by atoms with Crippen molar-refractivity contribution in [3.05, 3.63) is 69.8 Å². The highest BCUT2D eigenvalue weighted by atomic mass is 79.9. The summed E-state index contributed by atoms with van der Waals surface area (Å²) in [4.78, 5) is 12.8. The fourth-order valence-electron chi connectivity index (χ4n) is 2.76. The topological polar surface area (TPSA) is 55.1 Å². The molecule has 1 aliphatic carbocycles. The predicted molar refractivity (Wildman–Crippen MR) is 101 cm³/mol. The Hall–Kier alpha value is -2.11. The standard InChI is InChI=1S/C19H14BrClN2O2/c20-13-3-7-15(8-4-13)22-18(24)19(9-10-19)17-11-16(25-23-17)12-1-5-14(21)6-2-12/h1-8,11H,9-10H2,(H,22,24). The number of carbonyl (C=O) groups is 1. The first-order valence-corrected chi connectivity index (χ1v) is 9.04. The van der Waals surface area contributed by atoms with Gasteiger partial charge in [0.1, 0.15) is 0 Å². The number of carbonyl (C=O) groups excluding carboxylic acids is 1. The van der Waals surface area contributed by atoms with Crippen LogP contribution in [0.2, 0.25) is 5.02 Å². The highest BCUT2D eigenvalue weighted by Gasteiger charge is 2.53. The molecule has 1 aliphatic rings. The van der Waals surface area contributed by atoms with E-state index < -0.39 is 5.41 Å². The fourth-order valence-corrected chi connectivity index (χ4v) is 3.15. The summed E-state index contributed by atoms with van der Waals surface area (Å²) in [5.41, 5.74) is 1.72. The number of nitrogens with one attached hydrogen (secondary N) is 1. The number of nitrogens with zero attached hydrogens (tertiary/aromatic N) is 1. The molecule has 25 heavy (non-hydrogen) atoms. The molecule has 0 radical (unpaired) electrons. The van der Waals surface area contributed by atoms with E-state index in [4.69, 9.17) is 16.1 Å². The van der Waals surface area contributed by atoms with Crippen molar-refractivity contribution < 1.29 is 9.32 Å². The SMILES string of the molecule is O=C(Nc1ccc(Br)cc1)C1(c2cc(-c3ccc(Cl)cc3)on2)CC1. The third-order valence-electron chi connectivity index (χ3n) is 4.42. The van der Waals surface area contributed by atoms with Gasteiger partial charge >= 0.3 is 0 Å². The summed E-state index contributed by atoms with van der Waals surface area (Å²) < 4.78 is 6.42. The largest absolute Gasteiger partial charge is 0.356 e. The van der Waals surface area contributed by atoms with Gasteiger partial charge < -0.3 is 9.84 Å². The van der Waals surface area contributed by atoms with E-state index in [0.29, 0.717) is 16.5 Å². The maximum atomic E-state index is 12.8. The van der Waals surface area contributed by atoms with Gasteiger partial charge in [0.15, 0.2) is 5.76 Å². The molecule has 4 nitrogen and oxygen atoms in total. The zero-order valence-electron chi connectivity index (χ0n) is 13.1. The summed E-state index contributed by atoms with van der Waals surface area (Å²) in [6, 6.07) is 16.7. The van der Waals surface area contributed by atoms with Crippen molar-refractivity contribution in [1.29, 1.82) is 0 Å². The van der Waals surface area contributed by atoms with Crippen molar-refractivity contribution in [1.82, 2.24) is 5.16 Å². The minimum Gasteiger partial charge on any atom is -0.356 e. The third kappa shape index (κ3) is 3.22. The second-order valence-corrected chi connectivity index (χ2v) is 7.48. The Labute approximate surface area is 158 Å². The Kier molecular flexibility index (Phi) is 4.13. The maximum Gasteiger partial charge on any atom is 0.236 e. The lowest BCUT2D eigenvalue weighted by Gasteiger charge is -2.12. The summed E-state index contributed by atoms with van der Waals surface area (Å²) >= 11 is 9.30. The molecule has 1 aromatic heterocycles. The van der Waals surface area contributed by atoms with Crippen LogP contribution in [0.15, 0.2) is 63.6 Å². The van der Waals surface area contributed by atoms with Gasteiger partial charge in [0.2, 0.25) is 5.91 Å². The fraction of sp³-hybridized carbons (Fsp3) is 0.158. The van der Waals surface area contributed by atoms with Gasteiger partial charge in [0, 0.05) is 26.8 Å². The Bertz CT molecular complexity index is 915. The smallest absolute Gasteiger partial charge is 0.236 e. The molecule has 1 amide bonds. The van der Waals surface area contributed by atoms with Crippen LogP contribution in [-0.2, 0) is 10.2 Å². The monoisotopic (exact) mass is 416 g/mol. The Morgan fingerprint density at radius 3 is 2.44 bits per heavy atom. The van der Waals surface area contributed by atoms with Gasteiger partial charge in [-0.05, 0) is 61.4 Å². The summed E-state index contributed by atoms with van der Waals surface area (Å²) in [6.45, 7) is 0.